The Labute approximate surface area is 82.4 Å². The molecule has 1 aromatic rings. The van der Waals surface area contributed by atoms with E-state index in [2.05, 4.69) is 29.2 Å². The first kappa shape index (κ1) is 8.51. The first-order chi connectivity index (χ1) is 6.34. The summed E-state index contributed by atoms with van der Waals surface area (Å²) in [5.74, 6) is 0.973. The van der Waals surface area contributed by atoms with Crippen LogP contribution in [0.2, 0.25) is 0 Å². The van der Waals surface area contributed by atoms with E-state index in [1.165, 1.54) is 5.56 Å². The number of benzene rings is 1. The fourth-order valence-corrected chi connectivity index (χ4v) is 2.03. The molecule has 1 heterocycles. The van der Waals surface area contributed by atoms with Crippen molar-refractivity contribution in [2.75, 3.05) is 5.88 Å². The molecule has 68 valence electrons. The lowest BCUT2D eigenvalue weighted by Crippen LogP contribution is -2.12. The van der Waals surface area contributed by atoms with Crippen LogP contribution in [0.1, 0.15) is 5.56 Å². The van der Waals surface area contributed by atoms with Crippen LogP contribution in [0, 0.1) is 0 Å². The highest BCUT2D eigenvalue weighted by atomic mass is 32.2. The second-order valence-electron chi connectivity index (χ2n) is 3.04. The van der Waals surface area contributed by atoms with Crippen LogP contribution in [0.25, 0.3) is 0 Å². The molecule has 1 aromatic carbocycles. The highest BCUT2D eigenvalue weighted by Crippen LogP contribution is 2.22. The number of nitrogens with two attached hydrogens (primary N) is 1. The number of thioether (sulfide) groups is 1. The van der Waals surface area contributed by atoms with Gasteiger partial charge >= 0.3 is 0 Å². The van der Waals surface area contributed by atoms with E-state index in [0.29, 0.717) is 0 Å². The number of nitrogens with zero attached hydrogens (tertiary/aromatic N) is 1. The van der Waals surface area contributed by atoms with Gasteiger partial charge in [0, 0.05) is 12.7 Å². The van der Waals surface area contributed by atoms with E-state index in [0.717, 1.165) is 17.5 Å². The van der Waals surface area contributed by atoms with Crippen molar-refractivity contribution in [1.29, 1.82) is 0 Å². The highest BCUT2D eigenvalue weighted by molar-refractivity contribution is 8.03. The third-order valence-corrected chi connectivity index (χ3v) is 2.83. The number of hydrogen-bond donors (Lipinski definition) is 1. The Kier molecular flexibility index (Phi) is 2.45. The Morgan fingerprint density at radius 3 is 2.69 bits per heavy atom. The van der Waals surface area contributed by atoms with Crippen LogP contribution in [0.4, 0.5) is 0 Å². The van der Waals surface area contributed by atoms with Crippen molar-refractivity contribution < 1.29 is 0 Å². The zero-order valence-electron chi connectivity index (χ0n) is 7.31. The van der Waals surface area contributed by atoms with Crippen molar-refractivity contribution in [3.05, 3.63) is 47.1 Å². The van der Waals surface area contributed by atoms with Crippen LogP contribution >= 0.6 is 11.8 Å². The normalized spacial score (nSPS) is 16.0. The zero-order valence-corrected chi connectivity index (χ0v) is 8.13. The minimum Gasteiger partial charge on any atom is -0.392 e. The minimum absolute atomic E-state index is 0.913. The Morgan fingerprint density at radius 1 is 1.31 bits per heavy atom. The van der Waals surface area contributed by atoms with Gasteiger partial charge in [-0.15, -0.1) is 0 Å². The fourth-order valence-electron chi connectivity index (χ4n) is 1.32. The lowest BCUT2D eigenvalue weighted by atomic mass is 10.2. The summed E-state index contributed by atoms with van der Waals surface area (Å²) in [5.41, 5.74) is 6.99. The lowest BCUT2D eigenvalue weighted by Gasteiger charge is -2.13. The van der Waals surface area contributed by atoms with Gasteiger partial charge in [0.1, 0.15) is 0 Å². The van der Waals surface area contributed by atoms with Gasteiger partial charge in [-0.3, -0.25) is 0 Å². The van der Waals surface area contributed by atoms with E-state index in [9.17, 15) is 0 Å². The molecule has 0 aromatic heterocycles. The van der Waals surface area contributed by atoms with Gasteiger partial charge in [-0.05, 0) is 5.56 Å². The Bertz CT molecular complexity index is 308. The van der Waals surface area contributed by atoms with E-state index in [-0.39, 0.29) is 0 Å². The molecular formula is C10H12N2S. The van der Waals surface area contributed by atoms with Gasteiger partial charge in [-0.2, -0.15) is 0 Å². The van der Waals surface area contributed by atoms with Crippen molar-refractivity contribution in [3.63, 3.8) is 0 Å². The molecule has 13 heavy (non-hydrogen) atoms. The summed E-state index contributed by atoms with van der Waals surface area (Å²) in [6.45, 7) is 0.953. The molecule has 1 aliphatic rings. The molecule has 0 spiro atoms. The molecule has 3 heteroatoms. The average molecular weight is 192 g/mol. The molecule has 0 fully saturated rings. The molecular weight excluding hydrogens is 180 g/mol. The molecule has 2 N–H and O–H groups in total. The van der Waals surface area contributed by atoms with E-state index < -0.39 is 0 Å². The van der Waals surface area contributed by atoms with Crippen molar-refractivity contribution >= 4 is 11.8 Å². The molecule has 0 amide bonds. The summed E-state index contributed by atoms with van der Waals surface area (Å²) in [6, 6.07) is 10.4. The quantitative estimate of drug-likeness (QED) is 0.776. The van der Waals surface area contributed by atoms with Crippen LogP contribution in [-0.2, 0) is 6.54 Å². The smallest absolute Gasteiger partial charge is 0.0835 e. The predicted molar refractivity (Wildman–Crippen MR) is 56.7 cm³/mol. The highest BCUT2D eigenvalue weighted by Gasteiger charge is 2.09. The molecule has 2 rings (SSSR count). The summed E-state index contributed by atoms with van der Waals surface area (Å²) in [7, 11) is 0. The van der Waals surface area contributed by atoms with E-state index in [4.69, 9.17) is 5.73 Å². The van der Waals surface area contributed by atoms with Gasteiger partial charge < -0.3 is 10.6 Å². The summed E-state index contributed by atoms with van der Waals surface area (Å²) in [4.78, 5) is 2.22. The Morgan fingerprint density at radius 2 is 2.08 bits per heavy atom. The topological polar surface area (TPSA) is 29.3 Å². The van der Waals surface area contributed by atoms with Crippen molar-refractivity contribution in [1.82, 2.24) is 4.90 Å². The van der Waals surface area contributed by atoms with Crippen molar-refractivity contribution in [2.45, 2.75) is 6.54 Å². The summed E-state index contributed by atoms with van der Waals surface area (Å²) in [6.07, 6.45) is 2.01. The second kappa shape index (κ2) is 3.75. The third kappa shape index (κ3) is 2.18. The third-order valence-electron chi connectivity index (χ3n) is 1.94. The maximum atomic E-state index is 5.66. The van der Waals surface area contributed by atoms with Crippen molar-refractivity contribution in [2.24, 2.45) is 5.73 Å². The van der Waals surface area contributed by atoms with Crippen LogP contribution in [0.3, 0.4) is 0 Å². The SMILES string of the molecule is NC1=CN(Cc2ccccc2)CS1. The van der Waals surface area contributed by atoms with Gasteiger partial charge in [-0.25, -0.2) is 0 Å². The molecule has 0 saturated carbocycles. The largest absolute Gasteiger partial charge is 0.392 e. The number of rotatable bonds is 2. The maximum absolute atomic E-state index is 5.66. The second-order valence-corrected chi connectivity index (χ2v) is 4.06. The average Bonchev–Trinajstić information content (AvgIpc) is 2.53. The van der Waals surface area contributed by atoms with Gasteiger partial charge in [0.25, 0.3) is 0 Å². The van der Waals surface area contributed by atoms with Crippen LogP contribution in [0.15, 0.2) is 41.6 Å². The zero-order chi connectivity index (χ0) is 9.10. The van der Waals surface area contributed by atoms with E-state index >= 15 is 0 Å². The summed E-state index contributed by atoms with van der Waals surface area (Å²) < 4.78 is 0. The van der Waals surface area contributed by atoms with Gasteiger partial charge in [0.2, 0.25) is 0 Å². The summed E-state index contributed by atoms with van der Waals surface area (Å²) >= 11 is 1.69. The number of hydrogen-bond acceptors (Lipinski definition) is 3. The maximum Gasteiger partial charge on any atom is 0.0835 e. The van der Waals surface area contributed by atoms with E-state index in [1.54, 1.807) is 11.8 Å². The van der Waals surface area contributed by atoms with Crippen LogP contribution in [0.5, 0.6) is 0 Å². The molecule has 1 aliphatic heterocycles. The molecule has 0 radical (unpaired) electrons. The molecule has 0 atom stereocenters. The van der Waals surface area contributed by atoms with Crippen LogP contribution in [-0.4, -0.2) is 10.8 Å². The Balaban J connectivity index is 2.00. The minimum atomic E-state index is 0.913. The molecule has 0 aliphatic carbocycles. The monoisotopic (exact) mass is 192 g/mol. The molecule has 0 unspecified atom stereocenters. The first-order valence-electron chi connectivity index (χ1n) is 4.23. The van der Waals surface area contributed by atoms with Gasteiger partial charge in [-0.1, -0.05) is 42.1 Å². The molecule has 2 nitrogen and oxygen atoms in total. The van der Waals surface area contributed by atoms with Gasteiger partial charge in [0.05, 0.1) is 10.9 Å². The molecule has 0 saturated heterocycles. The van der Waals surface area contributed by atoms with Crippen molar-refractivity contribution in [3.8, 4) is 0 Å². The van der Waals surface area contributed by atoms with E-state index in [1.807, 2.05) is 12.3 Å². The first-order valence-corrected chi connectivity index (χ1v) is 5.21. The lowest BCUT2D eigenvalue weighted by molar-refractivity contribution is 0.440. The fraction of sp³-hybridized carbons (Fsp3) is 0.200. The van der Waals surface area contributed by atoms with Gasteiger partial charge in [0.15, 0.2) is 0 Å². The summed E-state index contributed by atoms with van der Waals surface area (Å²) in [5, 5.41) is 0.913. The standard InChI is InChI=1S/C10H12N2S/c11-10-7-12(8-13-10)6-9-4-2-1-3-5-9/h1-5,7H,6,8,11H2. The molecule has 0 bridgehead atoms. The van der Waals surface area contributed by atoms with Crippen LogP contribution < -0.4 is 5.73 Å². The predicted octanol–water partition coefficient (Wildman–Crippen LogP) is 1.95. The Hall–Kier alpha value is -1.09.